The van der Waals surface area contributed by atoms with Gasteiger partial charge in [-0.3, -0.25) is 4.79 Å². The summed E-state index contributed by atoms with van der Waals surface area (Å²) in [4.78, 5) is 11.3. The Balaban J connectivity index is 2.41. The SMILES string of the molecule is Cc1ccc(C2(C(=O)O)CC(O)C2)cc1C. The molecule has 0 aliphatic heterocycles. The maximum absolute atomic E-state index is 11.3. The topological polar surface area (TPSA) is 57.5 Å². The van der Waals surface area contributed by atoms with E-state index >= 15 is 0 Å². The first-order chi connectivity index (χ1) is 7.45. The smallest absolute Gasteiger partial charge is 0.314 e. The summed E-state index contributed by atoms with van der Waals surface area (Å²) >= 11 is 0. The van der Waals surface area contributed by atoms with Crippen molar-refractivity contribution in [2.24, 2.45) is 0 Å². The monoisotopic (exact) mass is 220 g/mol. The summed E-state index contributed by atoms with van der Waals surface area (Å²) in [5.74, 6) is -0.832. The van der Waals surface area contributed by atoms with Crippen LogP contribution in [0.1, 0.15) is 29.5 Å². The normalized spacial score (nSPS) is 28.6. The number of aryl methyl sites for hydroxylation is 2. The Kier molecular flexibility index (Phi) is 2.50. The van der Waals surface area contributed by atoms with Gasteiger partial charge in [-0.05, 0) is 43.4 Å². The molecule has 86 valence electrons. The van der Waals surface area contributed by atoms with Crippen LogP contribution in [-0.4, -0.2) is 22.3 Å². The maximum atomic E-state index is 11.3. The van der Waals surface area contributed by atoms with Gasteiger partial charge in [0.15, 0.2) is 0 Å². The van der Waals surface area contributed by atoms with Crippen molar-refractivity contribution in [3.05, 3.63) is 34.9 Å². The van der Waals surface area contributed by atoms with Gasteiger partial charge in [0.2, 0.25) is 0 Å². The van der Waals surface area contributed by atoms with Crippen molar-refractivity contribution >= 4 is 5.97 Å². The zero-order valence-corrected chi connectivity index (χ0v) is 9.53. The van der Waals surface area contributed by atoms with Crippen LogP contribution < -0.4 is 0 Å². The number of carboxylic acid groups (broad SMARTS) is 1. The molecule has 1 aromatic carbocycles. The van der Waals surface area contributed by atoms with Crippen LogP contribution in [0, 0.1) is 13.8 Å². The third kappa shape index (κ3) is 1.52. The Bertz CT molecular complexity index is 431. The highest BCUT2D eigenvalue weighted by Gasteiger charge is 2.51. The van der Waals surface area contributed by atoms with Crippen molar-refractivity contribution in [3.8, 4) is 0 Å². The summed E-state index contributed by atoms with van der Waals surface area (Å²) in [6.45, 7) is 3.98. The molecule has 1 saturated carbocycles. The van der Waals surface area contributed by atoms with Crippen molar-refractivity contribution in [1.29, 1.82) is 0 Å². The molecule has 0 bridgehead atoms. The Morgan fingerprint density at radius 3 is 2.38 bits per heavy atom. The molecule has 0 amide bonds. The zero-order valence-electron chi connectivity index (χ0n) is 9.53. The minimum absolute atomic E-state index is 0.324. The van der Waals surface area contributed by atoms with Crippen molar-refractivity contribution in [2.75, 3.05) is 0 Å². The van der Waals surface area contributed by atoms with Crippen LogP contribution in [0.2, 0.25) is 0 Å². The number of hydrogen-bond donors (Lipinski definition) is 2. The first-order valence-electron chi connectivity index (χ1n) is 5.45. The van der Waals surface area contributed by atoms with Gasteiger partial charge < -0.3 is 10.2 Å². The van der Waals surface area contributed by atoms with Gasteiger partial charge in [0.1, 0.15) is 0 Å². The van der Waals surface area contributed by atoms with Gasteiger partial charge in [0.25, 0.3) is 0 Å². The van der Waals surface area contributed by atoms with Crippen LogP contribution in [0.4, 0.5) is 0 Å². The zero-order chi connectivity index (χ0) is 11.9. The van der Waals surface area contributed by atoms with E-state index in [1.807, 2.05) is 32.0 Å². The van der Waals surface area contributed by atoms with Gasteiger partial charge in [-0.2, -0.15) is 0 Å². The molecule has 1 aliphatic rings. The number of aliphatic hydroxyl groups excluding tert-OH is 1. The molecule has 0 saturated heterocycles. The average Bonchev–Trinajstić information content (AvgIpc) is 2.17. The van der Waals surface area contributed by atoms with Crippen LogP contribution in [-0.2, 0) is 10.2 Å². The van der Waals surface area contributed by atoms with Gasteiger partial charge in [-0.25, -0.2) is 0 Å². The second-order valence-electron chi connectivity index (χ2n) is 4.75. The number of rotatable bonds is 2. The maximum Gasteiger partial charge on any atom is 0.314 e. The fourth-order valence-corrected chi connectivity index (χ4v) is 2.32. The van der Waals surface area contributed by atoms with Gasteiger partial charge >= 0.3 is 5.97 Å². The van der Waals surface area contributed by atoms with E-state index in [9.17, 15) is 15.0 Å². The molecule has 0 aromatic heterocycles. The third-order valence-corrected chi connectivity index (χ3v) is 3.64. The minimum Gasteiger partial charge on any atom is -0.481 e. The molecule has 0 unspecified atom stereocenters. The van der Waals surface area contributed by atoms with Gasteiger partial charge in [0, 0.05) is 0 Å². The average molecular weight is 220 g/mol. The lowest BCUT2D eigenvalue weighted by Crippen LogP contribution is -2.50. The summed E-state index contributed by atoms with van der Waals surface area (Å²) in [5.41, 5.74) is 2.20. The lowest BCUT2D eigenvalue weighted by Gasteiger charge is -2.42. The molecule has 16 heavy (non-hydrogen) atoms. The Hall–Kier alpha value is -1.35. The Morgan fingerprint density at radius 1 is 1.31 bits per heavy atom. The number of benzene rings is 1. The highest BCUT2D eigenvalue weighted by Crippen LogP contribution is 2.44. The van der Waals surface area contributed by atoms with Crippen molar-refractivity contribution in [1.82, 2.24) is 0 Å². The molecular formula is C13H16O3. The van der Waals surface area contributed by atoms with E-state index in [4.69, 9.17) is 0 Å². The van der Waals surface area contributed by atoms with E-state index in [0.717, 1.165) is 16.7 Å². The van der Waals surface area contributed by atoms with Gasteiger partial charge in [-0.15, -0.1) is 0 Å². The molecular weight excluding hydrogens is 204 g/mol. The fourth-order valence-electron chi connectivity index (χ4n) is 2.32. The van der Waals surface area contributed by atoms with Gasteiger partial charge in [0.05, 0.1) is 11.5 Å². The number of carbonyl (C=O) groups is 1. The van der Waals surface area contributed by atoms with Gasteiger partial charge in [-0.1, -0.05) is 18.2 Å². The van der Waals surface area contributed by atoms with Crippen LogP contribution in [0.25, 0.3) is 0 Å². The van der Waals surface area contributed by atoms with E-state index in [-0.39, 0.29) is 0 Å². The highest BCUT2D eigenvalue weighted by atomic mass is 16.4. The van der Waals surface area contributed by atoms with E-state index in [1.165, 1.54) is 0 Å². The van der Waals surface area contributed by atoms with Crippen molar-refractivity contribution < 1.29 is 15.0 Å². The number of carboxylic acids is 1. The minimum atomic E-state index is -0.863. The standard InChI is InChI=1S/C13H16O3/c1-8-3-4-10(5-9(8)2)13(12(15)16)6-11(14)7-13/h3-5,11,14H,6-7H2,1-2H3,(H,15,16). The molecule has 2 N–H and O–H groups in total. The number of aliphatic carboxylic acids is 1. The molecule has 3 heteroatoms. The number of aliphatic hydroxyl groups is 1. The highest BCUT2D eigenvalue weighted by molar-refractivity contribution is 5.83. The molecule has 0 radical (unpaired) electrons. The third-order valence-electron chi connectivity index (χ3n) is 3.64. The van der Waals surface area contributed by atoms with Crippen LogP contribution in [0.3, 0.4) is 0 Å². The summed E-state index contributed by atoms with van der Waals surface area (Å²) < 4.78 is 0. The summed E-state index contributed by atoms with van der Waals surface area (Å²) in [6.07, 6.45) is 0.174. The van der Waals surface area contributed by atoms with Crippen LogP contribution >= 0.6 is 0 Å². The summed E-state index contributed by atoms with van der Waals surface area (Å²) in [6, 6.07) is 5.73. The molecule has 0 spiro atoms. The molecule has 1 fully saturated rings. The quantitative estimate of drug-likeness (QED) is 0.798. The predicted molar refractivity (Wildman–Crippen MR) is 60.5 cm³/mol. The van der Waals surface area contributed by atoms with Crippen molar-refractivity contribution in [3.63, 3.8) is 0 Å². The predicted octanol–water partition coefficient (Wildman–Crippen LogP) is 1.78. The molecule has 3 nitrogen and oxygen atoms in total. The van der Waals surface area contributed by atoms with E-state index in [1.54, 1.807) is 0 Å². The van der Waals surface area contributed by atoms with Crippen LogP contribution in [0.5, 0.6) is 0 Å². The summed E-state index contributed by atoms with van der Waals surface area (Å²) in [7, 11) is 0. The Morgan fingerprint density at radius 2 is 1.94 bits per heavy atom. The van der Waals surface area contributed by atoms with Crippen LogP contribution in [0.15, 0.2) is 18.2 Å². The largest absolute Gasteiger partial charge is 0.481 e. The Labute approximate surface area is 94.7 Å². The summed E-state index contributed by atoms with van der Waals surface area (Å²) in [5, 5.41) is 18.7. The fraction of sp³-hybridized carbons (Fsp3) is 0.462. The van der Waals surface area contributed by atoms with Crippen molar-refractivity contribution in [2.45, 2.75) is 38.2 Å². The molecule has 2 rings (SSSR count). The van der Waals surface area contributed by atoms with E-state index in [2.05, 4.69) is 0 Å². The second kappa shape index (κ2) is 3.59. The lowest BCUT2D eigenvalue weighted by molar-refractivity contribution is -0.152. The molecule has 0 atom stereocenters. The lowest BCUT2D eigenvalue weighted by atomic mass is 9.62. The second-order valence-corrected chi connectivity index (χ2v) is 4.75. The number of hydrogen-bond acceptors (Lipinski definition) is 2. The molecule has 1 aromatic rings. The van der Waals surface area contributed by atoms with E-state index < -0.39 is 17.5 Å². The first kappa shape index (κ1) is 11.1. The molecule has 0 heterocycles. The first-order valence-corrected chi connectivity index (χ1v) is 5.45. The van der Waals surface area contributed by atoms with E-state index in [0.29, 0.717) is 12.8 Å². The molecule has 1 aliphatic carbocycles.